The van der Waals surface area contributed by atoms with E-state index < -0.39 is 0 Å². The Hall–Kier alpha value is -0.940. The summed E-state index contributed by atoms with van der Waals surface area (Å²) < 4.78 is 6.82. The summed E-state index contributed by atoms with van der Waals surface area (Å²) in [6.07, 6.45) is 0. The van der Waals surface area contributed by atoms with Gasteiger partial charge in [0.15, 0.2) is 0 Å². The highest BCUT2D eigenvalue weighted by atomic mass is 127. The Kier molecular flexibility index (Phi) is 4.12. The number of halogens is 2. The number of rotatable bonds is 3. The van der Waals surface area contributed by atoms with Crippen molar-refractivity contribution in [2.45, 2.75) is 6.61 Å². The van der Waals surface area contributed by atoms with Crippen molar-refractivity contribution in [1.29, 1.82) is 0 Å². The van der Waals surface area contributed by atoms with Gasteiger partial charge in [-0.2, -0.15) is 0 Å². The Labute approximate surface area is 119 Å². The van der Waals surface area contributed by atoms with Crippen molar-refractivity contribution >= 4 is 39.9 Å². The van der Waals surface area contributed by atoms with Crippen LogP contribution in [0.3, 0.4) is 0 Å². The van der Waals surface area contributed by atoms with Gasteiger partial charge in [0, 0.05) is 19.8 Å². The van der Waals surface area contributed by atoms with E-state index in [0.717, 1.165) is 11.3 Å². The lowest BCUT2D eigenvalue weighted by Crippen LogP contribution is -2.00. The minimum absolute atomic E-state index is 0.448. The molecule has 0 aliphatic rings. The van der Waals surface area contributed by atoms with Gasteiger partial charge in [-0.1, -0.05) is 17.7 Å². The molecule has 4 heteroatoms. The van der Waals surface area contributed by atoms with E-state index in [-0.39, 0.29) is 0 Å². The number of hydrogen-bond acceptors (Lipinski definition) is 2. The molecule has 0 aliphatic heterocycles. The molecule has 0 spiro atoms. The smallest absolute Gasteiger partial charge is 0.119 e. The maximum Gasteiger partial charge on any atom is 0.119 e. The van der Waals surface area contributed by atoms with Crippen molar-refractivity contribution in [1.82, 2.24) is 0 Å². The monoisotopic (exact) mass is 359 g/mol. The molecular formula is C13H11ClINO. The Morgan fingerprint density at radius 2 is 1.82 bits per heavy atom. The zero-order chi connectivity index (χ0) is 12.3. The number of hydrogen-bond donors (Lipinski definition) is 1. The van der Waals surface area contributed by atoms with Crippen LogP contribution in [0.1, 0.15) is 5.56 Å². The number of nitrogens with two attached hydrogens (primary N) is 1. The van der Waals surface area contributed by atoms with Crippen LogP contribution in [-0.2, 0) is 6.61 Å². The molecule has 2 nitrogen and oxygen atoms in total. The van der Waals surface area contributed by atoms with Crippen molar-refractivity contribution in [3.8, 4) is 5.75 Å². The minimum atomic E-state index is 0.448. The summed E-state index contributed by atoms with van der Waals surface area (Å²) in [6.45, 7) is 0.448. The van der Waals surface area contributed by atoms with Crippen LogP contribution in [0.5, 0.6) is 5.75 Å². The fourth-order valence-electron chi connectivity index (χ4n) is 1.39. The van der Waals surface area contributed by atoms with Gasteiger partial charge in [0.05, 0.1) is 0 Å². The van der Waals surface area contributed by atoms with E-state index in [0.29, 0.717) is 17.3 Å². The first-order valence-corrected chi connectivity index (χ1v) is 6.53. The molecule has 0 saturated heterocycles. The summed E-state index contributed by atoms with van der Waals surface area (Å²) in [5, 5.41) is 0.639. The van der Waals surface area contributed by atoms with Crippen molar-refractivity contribution in [3.05, 3.63) is 56.6 Å². The molecule has 0 fully saturated rings. The molecule has 2 aromatic rings. The quantitative estimate of drug-likeness (QED) is 0.661. The van der Waals surface area contributed by atoms with Gasteiger partial charge in [0.2, 0.25) is 0 Å². The molecule has 2 aromatic carbocycles. The molecule has 17 heavy (non-hydrogen) atoms. The molecule has 0 saturated carbocycles. The molecule has 0 amide bonds. The Balaban J connectivity index is 2.04. The first-order valence-electron chi connectivity index (χ1n) is 5.07. The zero-order valence-corrected chi connectivity index (χ0v) is 11.9. The number of anilines is 1. The van der Waals surface area contributed by atoms with Gasteiger partial charge in [-0.15, -0.1) is 0 Å². The number of ether oxygens (including phenoxy) is 1. The molecule has 0 bridgehead atoms. The van der Waals surface area contributed by atoms with Crippen LogP contribution in [0.4, 0.5) is 5.69 Å². The summed E-state index contributed by atoms with van der Waals surface area (Å²) in [4.78, 5) is 0. The van der Waals surface area contributed by atoms with Crippen LogP contribution >= 0.6 is 34.2 Å². The van der Waals surface area contributed by atoms with Gasteiger partial charge in [-0.3, -0.25) is 0 Å². The van der Waals surface area contributed by atoms with Crippen LogP contribution in [0.15, 0.2) is 42.5 Å². The highest BCUT2D eigenvalue weighted by Crippen LogP contribution is 2.20. The van der Waals surface area contributed by atoms with Gasteiger partial charge >= 0.3 is 0 Å². The summed E-state index contributed by atoms with van der Waals surface area (Å²) >= 11 is 8.09. The highest BCUT2D eigenvalue weighted by Gasteiger charge is 2.01. The molecule has 0 aromatic heterocycles. The Morgan fingerprint density at radius 3 is 2.47 bits per heavy atom. The van der Waals surface area contributed by atoms with Gasteiger partial charge in [-0.25, -0.2) is 0 Å². The second-order valence-electron chi connectivity index (χ2n) is 3.59. The standard InChI is InChI=1S/C13H11ClINO/c14-10-2-1-9(13(16)7-10)8-17-12-5-3-11(15)4-6-12/h1-7H,8,16H2. The van der Waals surface area contributed by atoms with Crippen LogP contribution in [0.2, 0.25) is 5.02 Å². The fraction of sp³-hybridized carbons (Fsp3) is 0.0769. The summed E-state index contributed by atoms with van der Waals surface area (Å²) in [6, 6.07) is 13.3. The molecular weight excluding hydrogens is 349 g/mol. The van der Waals surface area contributed by atoms with Crippen molar-refractivity contribution in [2.24, 2.45) is 0 Å². The van der Waals surface area contributed by atoms with Crippen molar-refractivity contribution < 1.29 is 4.74 Å². The maximum atomic E-state index is 5.84. The van der Waals surface area contributed by atoms with E-state index in [1.54, 1.807) is 6.07 Å². The van der Waals surface area contributed by atoms with Gasteiger partial charge < -0.3 is 10.5 Å². The maximum absolute atomic E-state index is 5.84. The molecule has 0 atom stereocenters. The van der Waals surface area contributed by atoms with Gasteiger partial charge in [-0.05, 0) is 59.0 Å². The first kappa shape index (κ1) is 12.5. The second-order valence-corrected chi connectivity index (χ2v) is 5.27. The fourth-order valence-corrected chi connectivity index (χ4v) is 1.93. The van der Waals surface area contributed by atoms with E-state index in [1.807, 2.05) is 36.4 Å². The molecule has 0 unspecified atom stereocenters. The van der Waals surface area contributed by atoms with E-state index >= 15 is 0 Å². The average molecular weight is 360 g/mol. The normalized spacial score (nSPS) is 10.2. The lowest BCUT2D eigenvalue weighted by Gasteiger charge is -2.08. The zero-order valence-electron chi connectivity index (χ0n) is 8.99. The van der Waals surface area contributed by atoms with Gasteiger partial charge in [0.1, 0.15) is 12.4 Å². The predicted molar refractivity (Wildman–Crippen MR) is 79.4 cm³/mol. The summed E-state index contributed by atoms with van der Waals surface area (Å²) in [5.41, 5.74) is 7.44. The van der Waals surface area contributed by atoms with E-state index in [2.05, 4.69) is 22.6 Å². The van der Waals surface area contributed by atoms with Crippen LogP contribution in [0, 0.1) is 3.57 Å². The topological polar surface area (TPSA) is 35.2 Å². The van der Waals surface area contributed by atoms with Crippen LogP contribution in [-0.4, -0.2) is 0 Å². The van der Waals surface area contributed by atoms with Crippen molar-refractivity contribution in [2.75, 3.05) is 5.73 Å². The largest absolute Gasteiger partial charge is 0.489 e. The number of nitrogen functional groups attached to an aromatic ring is 1. The van der Waals surface area contributed by atoms with E-state index in [4.69, 9.17) is 22.1 Å². The molecule has 0 radical (unpaired) electrons. The Morgan fingerprint density at radius 1 is 1.12 bits per heavy atom. The minimum Gasteiger partial charge on any atom is -0.489 e. The van der Waals surface area contributed by atoms with Crippen LogP contribution < -0.4 is 10.5 Å². The van der Waals surface area contributed by atoms with Crippen LogP contribution in [0.25, 0.3) is 0 Å². The average Bonchev–Trinajstić information content (AvgIpc) is 2.30. The third kappa shape index (κ3) is 3.51. The molecule has 0 aliphatic carbocycles. The van der Waals surface area contributed by atoms with Crippen molar-refractivity contribution in [3.63, 3.8) is 0 Å². The first-order chi connectivity index (χ1) is 8.15. The predicted octanol–water partition coefficient (Wildman–Crippen LogP) is 4.11. The summed E-state index contributed by atoms with van der Waals surface area (Å²) in [5.74, 6) is 0.833. The lowest BCUT2D eigenvalue weighted by atomic mass is 10.2. The third-order valence-electron chi connectivity index (χ3n) is 2.32. The molecule has 2 N–H and O–H groups in total. The second kappa shape index (κ2) is 5.60. The lowest BCUT2D eigenvalue weighted by molar-refractivity contribution is 0.307. The SMILES string of the molecule is Nc1cc(Cl)ccc1COc1ccc(I)cc1. The Bertz CT molecular complexity index is 513. The van der Waals surface area contributed by atoms with Gasteiger partial charge in [0.25, 0.3) is 0 Å². The number of benzene rings is 2. The van der Waals surface area contributed by atoms with E-state index in [9.17, 15) is 0 Å². The molecule has 0 heterocycles. The summed E-state index contributed by atoms with van der Waals surface area (Å²) in [7, 11) is 0. The highest BCUT2D eigenvalue weighted by molar-refractivity contribution is 14.1. The molecule has 2 rings (SSSR count). The molecule has 88 valence electrons. The van der Waals surface area contributed by atoms with E-state index in [1.165, 1.54) is 3.57 Å². The third-order valence-corrected chi connectivity index (χ3v) is 3.27.